The molecule has 0 atom stereocenters. The number of amides is 1. The number of rotatable bonds is 8. The molecule has 0 saturated heterocycles. The number of hydrogen-bond acceptors (Lipinski definition) is 4. The molecule has 3 heterocycles. The van der Waals surface area contributed by atoms with Crippen LogP contribution in [0.1, 0.15) is 46.1 Å². The molecule has 190 valence electrons. The molecule has 4 aromatic rings. The first-order valence-corrected chi connectivity index (χ1v) is 11.4. The molecule has 3 aromatic heterocycles. The predicted octanol–water partition coefficient (Wildman–Crippen LogP) is 7.51. The largest absolute Gasteiger partial charge is 0.454 e. The molecule has 0 bridgehead atoms. The third kappa shape index (κ3) is 5.49. The van der Waals surface area contributed by atoms with Gasteiger partial charge in [0.1, 0.15) is 22.2 Å². The van der Waals surface area contributed by atoms with Crippen molar-refractivity contribution in [2.45, 2.75) is 25.9 Å². The van der Waals surface area contributed by atoms with Crippen molar-refractivity contribution in [1.82, 2.24) is 19.6 Å². The van der Waals surface area contributed by atoms with Crippen LogP contribution in [0.5, 0.6) is 0 Å². The lowest BCUT2D eigenvalue weighted by molar-refractivity contribution is 0.0993. The lowest BCUT2D eigenvalue weighted by atomic mass is 10.2. The molecule has 0 radical (unpaired) electrons. The van der Waals surface area contributed by atoms with Crippen LogP contribution in [-0.4, -0.2) is 25.5 Å². The summed E-state index contributed by atoms with van der Waals surface area (Å²) in [6, 6.07) is 7.60. The van der Waals surface area contributed by atoms with Crippen molar-refractivity contribution in [3.05, 3.63) is 85.1 Å². The van der Waals surface area contributed by atoms with Gasteiger partial charge in [0.15, 0.2) is 11.6 Å². The minimum atomic E-state index is -3.16. The molecule has 1 amide bonds. The predicted molar refractivity (Wildman–Crippen MR) is 126 cm³/mol. The van der Waals surface area contributed by atoms with E-state index < -0.39 is 41.7 Å². The highest BCUT2D eigenvalue weighted by Gasteiger charge is 2.28. The minimum Gasteiger partial charge on any atom is -0.454 e. The number of furan rings is 1. The van der Waals surface area contributed by atoms with Gasteiger partial charge in [0.05, 0.1) is 18.1 Å². The topological polar surface area (TPSA) is 77.9 Å². The molecule has 15 heteroatoms. The average Bonchev–Trinajstić information content (AvgIpc) is 3.49. The summed E-state index contributed by atoms with van der Waals surface area (Å²) in [6.45, 7) is -0.286. The van der Waals surface area contributed by atoms with E-state index >= 15 is 0 Å². The van der Waals surface area contributed by atoms with Gasteiger partial charge in [0.2, 0.25) is 0 Å². The number of nitrogens with zero attached hydrogens (tertiary/aromatic N) is 4. The Labute approximate surface area is 220 Å². The Bertz CT molecular complexity index is 1400. The average molecular weight is 585 g/mol. The third-order valence-electron chi connectivity index (χ3n) is 4.89. The lowest BCUT2D eigenvalue weighted by Gasteiger charge is -2.06. The summed E-state index contributed by atoms with van der Waals surface area (Å²) >= 11 is 24.2. The first-order chi connectivity index (χ1) is 17.0. The summed E-state index contributed by atoms with van der Waals surface area (Å²) in [4.78, 5) is 12.6. The molecule has 1 aromatic carbocycles. The number of carbonyl (C=O) groups excluding carboxylic acids is 1. The van der Waals surface area contributed by atoms with E-state index in [0.717, 1.165) is 0 Å². The fourth-order valence-corrected chi connectivity index (χ4v) is 4.27. The Hall–Kier alpha value is -2.73. The number of benzene rings is 1. The molecule has 7 nitrogen and oxygen atoms in total. The zero-order valence-electron chi connectivity index (χ0n) is 17.7. The van der Waals surface area contributed by atoms with E-state index in [1.807, 2.05) is 0 Å². The molecule has 0 saturated carbocycles. The zero-order chi connectivity index (χ0) is 26.1. The second-order valence-corrected chi connectivity index (χ2v) is 8.89. The van der Waals surface area contributed by atoms with Crippen LogP contribution in [-0.2, 0) is 13.1 Å². The monoisotopic (exact) mass is 583 g/mol. The maximum Gasteiger partial charge on any atom is 0.292 e. The molecular formula is C21H13Cl4F4N5O2. The normalized spacial score (nSPS) is 11.6. The van der Waals surface area contributed by atoms with Gasteiger partial charge >= 0.3 is 0 Å². The first-order valence-electron chi connectivity index (χ1n) is 9.93. The number of alkyl halides is 4. The van der Waals surface area contributed by atoms with Crippen LogP contribution in [0.15, 0.2) is 40.9 Å². The number of halogens is 8. The molecule has 0 spiro atoms. The van der Waals surface area contributed by atoms with E-state index in [2.05, 4.69) is 15.5 Å². The summed E-state index contributed by atoms with van der Waals surface area (Å²) in [5.74, 6) is -0.948. The fourth-order valence-electron chi connectivity index (χ4n) is 3.25. The summed E-state index contributed by atoms with van der Waals surface area (Å²) < 4.78 is 60.1. The SMILES string of the molecule is O=C(Nc1nn(Cc2c(Cl)cccc2Cl)cc1Cl)c1ccc(Cn2nc(C(F)F)c(Cl)c2C(F)F)o1. The lowest BCUT2D eigenvalue weighted by Crippen LogP contribution is -2.12. The third-order valence-corrected chi connectivity index (χ3v) is 6.26. The number of aromatic nitrogens is 4. The molecule has 0 aliphatic carbocycles. The highest BCUT2D eigenvalue weighted by molar-refractivity contribution is 6.36. The quantitative estimate of drug-likeness (QED) is 0.217. The highest BCUT2D eigenvalue weighted by Crippen LogP contribution is 2.35. The van der Waals surface area contributed by atoms with Crippen LogP contribution in [0, 0.1) is 0 Å². The van der Waals surface area contributed by atoms with Crippen molar-refractivity contribution >= 4 is 58.1 Å². The fraction of sp³-hybridized carbons (Fsp3) is 0.190. The van der Waals surface area contributed by atoms with Crippen LogP contribution >= 0.6 is 46.4 Å². The summed E-state index contributed by atoms with van der Waals surface area (Å²) in [6.07, 6.45) is -4.85. The van der Waals surface area contributed by atoms with Gasteiger partial charge in [-0.05, 0) is 24.3 Å². The summed E-state index contributed by atoms with van der Waals surface area (Å²) in [5.41, 5.74) is -1.25. The van der Waals surface area contributed by atoms with E-state index in [4.69, 9.17) is 50.8 Å². The van der Waals surface area contributed by atoms with Crippen molar-refractivity contribution in [3.63, 3.8) is 0 Å². The van der Waals surface area contributed by atoms with E-state index in [-0.39, 0.29) is 28.9 Å². The van der Waals surface area contributed by atoms with E-state index in [1.165, 1.54) is 23.0 Å². The van der Waals surface area contributed by atoms with Gasteiger partial charge in [-0.15, -0.1) is 0 Å². The van der Waals surface area contributed by atoms with Gasteiger partial charge < -0.3 is 9.73 Å². The number of hydrogen-bond donors (Lipinski definition) is 1. The van der Waals surface area contributed by atoms with Crippen molar-refractivity contribution < 1.29 is 26.8 Å². The second kappa shape index (κ2) is 10.7. The molecule has 0 aliphatic rings. The van der Waals surface area contributed by atoms with Crippen LogP contribution < -0.4 is 5.32 Å². The Morgan fingerprint density at radius 3 is 2.28 bits per heavy atom. The van der Waals surface area contributed by atoms with Gasteiger partial charge in [0, 0.05) is 21.8 Å². The Kier molecular flexibility index (Phi) is 7.84. The van der Waals surface area contributed by atoms with Crippen LogP contribution in [0.3, 0.4) is 0 Å². The zero-order valence-corrected chi connectivity index (χ0v) is 20.7. The second-order valence-electron chi connectivity index (χ2n) is 7.29. The van der Waals surface area contributed by atoms with Gasteiger partial charge in [-0.3, -0.25) is 14.2 Å². The molecule has 4 rings (SSSR count). The Morgan fingerprint density at radius 1 is 0.944 bits per heavy atom. The van der Waals surface area contributed by atoms with Crippen molar-refractivity contribution in [2.75, 3.05) is 5.32 Å². The van der Waals surface area contributed by atoms with E-state index in [0.29, 0.717) is 20.3 Å². The van der Waals surface area contributed by atoms with Crippen molar-refractivity contribution in [2.24, 2.45) is 0 Å². The van der Waals surface area contributed by atoms with Crippen LogP contribution in [0.4, 0.5) is 23.4 Å². The summed E-state index contributed by atoms with van der Waals surface area (Å²) in [7, 11) is 0. The van der Waals surface area contributed by atoms with E-state index in [9.17, 15) is 22.4 Å². The maximum atomic E-state index is 13.3. The number of nitrogens with one attached hydrogen (secondary N) is 1. The molecule has 0 fully saturated rings. The number of carbonyl (C=O) groups is 1. The van der Waals surface area contributed by atoms with Crippen molar-refractivity contribution in [1.29, 1.82) is 0 Å². The highest BCUT2D eigenvalue weighted by atomic mass is 35.5. The number of anilines is 1. The molecule has 0 aliphatic heterocycles. The standard InChI is InChI=1S/C21H13Cl4F4N5O2/c22-11-2-1-3-12(23)10(11)7-33-8-13(24)20(32-33)30-21(35)14-5-4-9(36-14)6-34-17(19(28)29)15(25)16(31-34)18(26)27/h1-5,8,18-19H,6-7H2,(H,30,32,35). The van der Waals surface area contributed by atoms with Crippen LogP contribution in [0.25, 0.3) is 0 Å². The van der Waals surface area contributed by atoms with Gasteiger partial charge in [-0.25, -0.2) is 17.6 Å². The molecule has 36 heavy (non-hydrogen) atoms. The Balaban J connectivity index is 1.48. The van der Waals surface area contributed by atoms with Gasteiger partial charge in [-0.1, -0.05) is 52.5 Å². The summed E-state index contributed by atoms with van der Waals surface area (Å²) in [5, 5.41) is 10.3. The minimum absolute atomic E-state index is 0.00739. The smallest absolute Gasteiger partial charge is 0.292 e. The first kappa shape index (κ1) is 26.3. The molecule has 1 N–H and O–H groups in total. The molecular weight excluding hydrogens is 572 g/mol. The van der Waals surface area contributed by atoms with Crippen molar-refractivity contribution in [3.8, 4) is 0 Å². The van der Waals surface area contributed by atoms with Gasteiger partial charge in [-0.2, -0.15) is 10.2 Å². The Morgan fingerprint density at radius 2 is 1.64 bits per heavy atom. The van der Waals surface area contributed by atoms with E-state index in [1.54, 1.807) is 18.2 Å². The van der Waals surface area contributed by atoms with Gasteiger partial charge in [0.25, 0.3) is 18.8 Å². The maximum absolute atomic E-state index is 13.3. The molecule has 0 unspecified atom stereocenters. The van der Waals surface area contributed by atoms with Crippen LogP contribution in [0.2, 0.25) is 20.1 Å².